The molecule has 1 fully saturated rings. The van der Waals surface area contributed by atoms with Crippen molar-refractivity contribution in [2.75, 3.05) is 40.0 Å². The van der Waals surface area contributed by atoms with Crippen LogP contribution in [0.15, 0.2) is 0 Å². The molecule has 0 radical (unpaired) electrons. The monoisotopic (exact) mass is 230 g/mol. The molecule has 0 bridgehead atoms. The molecule has 0 aromatic heterocycles. The summed E-state index contributed by atoms with van der Waals surface area (Å²) in [5.41, 5.74) is 6.28. The van der Waals surface area contributed by atoms with E-state index in [4.69, 9.17) is 15.2 Å². The second kappa shape index (κ2) is 5.96. The molecule has 0 aromatic carbocycles. The molecule has 1 unspecified atom stereocenters. The van der Waals surface area contributed by atoms with Crippen molar-refractivity contribution >= 4 is 0 Å². The van der Waals surface area contributed by atoms with E-state index in [1.807, 2.05) is 0 Å². The molecule has 0 spiro atoms. The van der Waals surface area contributed by atoms with Crippen LogP contribution in [-0.4, -0.2) is 45.6 Å². The van der Waals surface area contributed by atoms with Crippen LogP contribution < -0.4 is 11.1 Å². The van der Waals surface area contributed by atoms with Crippen LogP contribution in [0.2, 0.25) is 0 Å². The SMILES string of the molecule is COCCC(C)(C)CNCC1(N)CCOC1. The third-order valence-electron chi connectivity index (χ3n) is 3.20. The summed E-state index contributed by atoms with van der Waals surface area (Å²) in [4.78, 5) is 0. The molecule has 16 heavy (non-hydrogen) atoms. The van der Waals surface area contributed by atoms with Crippen LogP contribution in [0.4, 0.5) is 0 Å². The zero-order chi connectivity index (χ0) is 12.1. The summed E-state index contributed by atoms with van der Waals surface area (Å²) in [6.07, 6.45) is 2.02. The highest BCUT2D eigenvalue weighted by atomic mass is 16.5. The molecule has 3 N–H and O–H groups in total. The summed E-state index contributed by atoms with van der Waals surface area (Å²) in [7, 11) is 1.74. The zero-order valence-corrected chi connectivity index (χ0v) is 10.8. The highest BCUT2D eigenvalue weighted by Gasteiger charge is 2.30. The Balaban J connectivity index is 2.18. The molecule has 1 aliphatic heterocycles. The Morgan fingerprint density at radius 2 is 2.25 bits per heavy atom. The number of rotatable bonds is 7. The standard InChI is InChI=1S/C12H26N2O2/c1-11(2,4-6-15-3)8-14-9-12(13)5-7-16-10-12/h14H,4-10,13H2,1-3H3. The summed E-state index contributed by atoms with van der Waals surface area (Å²) in [6.45, 7) is 8.58. The van der Waals surface area contributed by atoms with Gasteiger partial charge in [-0.05, 0) is 18.3 Å². The Morgan fingerprint density at radius 3 is 2.81 bits per heavy atom. The van der Waals surface area contributed by atoms with Crippen LogP contribution in [0.5, 0.6) is 0 Å². The molecule has 4 nitrogen and oxygen atoms in total. The van der Waals surface area contributed by atoms with Gasteiger partial charge in [0, 0.05) is 33.4 Å². The van der Waals surface area contributed by atoms with Gasteiger partial charge < -0.3 is 20.5 Å². The topological polar surface area (TPSA) is 56.5 Å². The maximum absolute atomic E-state index is 6.18. The van der Waals surface area contributed by atoms with E-state index in [0.29, 0.717) is 6.61 Å². The van der Waals surface area contributed by atoms with Gasteiger partial charge in [0.1, 0.15) is 0 Å². The van der Waals surface area contributed by atoms with Crippen LogP contribution in [0.25, 0.3) is 0 Å². The van der Waals surface area contributed by atoms with Gasteiger partial charge in [-0.15, -0.1) is 0 Å². The van der Waals surface area contributed by atoms with Gasteiger partial charge in [0.25, 0.3) is 0 Å². The third kappa shape index (κ3) is 4.78. The maximum Gasteiger partial charge on any atom is 0.0659 e. The van der Waals surface area contributed by atoms with Crippen LogP contribution in [0.3, 0.4) is 0 Å². The van der Waals surface area contributed by atoms with E-state index in [2.05, 4.69) is 19.2 Å². The van der Waals surface area contributed by atoms with Crippen molar-refractivity contribution in [2.24, 2.45) is 11.1 Å². The highest BCUT2D eigenvalue weighted by Crippen LogP contribution is 2.20. The van der Waals surface area contributed by atoms with Crippen LogP contribution >= 0.6 is 0 Å². The first-order valence-corrected chi connectivity index (χ1v) is 6.04. The van der Waals surface area contributed by atoms with E-state index in [-0.39, 0.29) is 11.0 Å². The minimum atomic E-state index is -0.155. The molecule has 1 heterocycles. The Morgan fingerprint density at radius 1 is 1.50 bits per heavy atom. The highest BCUT2D eigenvalue weighted by molar-refractivity contribution is 4.90. The number of ether oxygens (including phenoxy) is 2. The first kappa shape index (κ1) is 13.9. The summed E-state index contributed by atoms with van der Waals surface area (Å²) < 4.78 is 10.4. The van der Waals surface area contributed by atoms with Crippen LogP contribution in [0, 0.1) is 5.41 Å². The van der Waals surface area contributed by atoms with Crippen molar-refractivity contribution in [3.8, 4) is 0 Å². The number of nitrogens with one attached hydrogen (secondary N) is 1. The van der Waals surface area contributed by atoms with Crippen molar-refractivity contribution in [1.29, 1.82) is 0 Å². The van der Waals surface area contributed by atoms with E-state index in [1.165, 1.54) is 0 Å². The minimum Gasteiger partial charge on any atom is -0.385 e. The molecule has 1 aliphatic rings. The fraction of sp³-hybridized carbons (Fsp3) is 1.00. The molecule has 96 valence electrons. The quantitative estimate of drug-likeness (QED) is 0.678. The van der Waals surface area contributed by atoms with E-state index >= 15 is 0 Å². The van der Waals surface area contributed by atoms with Gasteiger partial charge in [-0.3, -0.25) is 0 Å². The number of hydrogen-bond acceptors (Lipinski definition) is 4. The van der Waals surface area contributed by atoms with E-state index in [9.17, 15) is 0 Å². The first-order valence-electron chi connectivity index (χ1n) is 6.04. The second-order valence-electron chi connectivity index (χ2n) is 5.68. The first-order chi connectivity index (χ1) is 7.47. The number of nitrogens with two attached hydrogens (primary N) is 1. The average molecular weight is 230 g/mol. The van der Waals surface area contributed by atoms with Crippen LogP contribution in [-0.2, 0) is 9.47 Å². The van der Waals surface area contributed by atoms with Crippen LogP contribution in [0.1, 0.15) is 26.7 Å². The molecule has 1 rings (SSSR count). The molecule has 1 saturated heterocycles. The summed E-state index contributed by atoms with van der Waals surface area (Å²) >= 11 is 0. The van der Waals surface area contributed by atoms with Gasteiger partial charge in [0.05, 0.1) is 12.1 Å². The normalized spacial score (nSPS) is 26.2. The number of methoxy groups -OCH3 is 1. The fourth-order valence-corrected chi connectivity index (χ4v) is 1.88. The Kier molecular flexibility index (Phi) is 5.18. The molecule has 0 amide bonds. The van der Waals surface area contributed by atoms with E-state index in [0.717, 1.165) is 39.1 Å². The molecule has 0 aromatic rings. The van der Waals surface area contributed by atoms with Crippen molar-refractivity contribution in [2.45, 2.75) is 32.2 Å². The predicted octanol–water partition coefficient (Wildman–Crippen LogP) is 0.757. The Hall–Kier alpha value is -0.160. The molecule has 0 saturated carbocycles. The summed E-state index contributed by atoms with van der Waals surface area (Å²) in [5.74, 6) is 0. The fourth-order valence-electron chi connectivity index (χ4n) is 1.88. The lowest BCUT2D eigenvalue weighted by Gasteiger charge is -2.28. The lowest BCUT2D eigenvalue weighted by Crippen LogP contribution is -2.50. The van der Waals surface area contributed by atoms with Crippen molar-refractivity contribution in [3.05, 3.63) is 0 Å². The Labute approximate surface area is 98.9 Å². The molecule has 4 heteroatoms. The lowest BCUT2D eigenvalue weighted by molar-refractivity contribution is 0.147. The van der Waals surface area contributed by atoms with Crippen molar-refractivity contribution in [1.82, 2.24) is 5.32 Å². The molecule has 1 atom stereocenters. The largest absolute Gasteiger partial charge is 0.385 e. The third-order valence-corrected chi connectivity index (χ3v) is 3.20. The van der Waals surface area contributed by atoms with Crippen molar-refractivity contribution < 1.29 is 9.47 Å². The summed E-state index contributed by atoms with van der Waals surface area (Å²) in [5, 5.41) is 3.46. The molecular weight excluding hydrogens is 204 g/mol. The zero-order valence-electron chi connectivity index (χ0n) is 10.8. The van der Waals surface area contributed by atoms with Gasteiger partial charge in [-0.25, -0.2) is 0 Å². The van der Waals surface area contributed by atoms with Gasteiger partial charge in [0.15, 0.2) is 0 Å². The average Bonchev–Trinajstić information content (AvgIpc) is 2.62. The molecule has 0 aliphatic carbocycles. The minimum absolute atomic E-state index is 0.155. The van der Waals surface area contributed by atoms with Crippen molar-refractivity contribution in [3.63, 3.8) is 0 Å². The maximum atomic E-state index is 6.18. The Bertz CT molecular complexity index is 201. The van der Waals surface area contributed by atoms with Gasteiger partial charge in [-0.1, -0.05) is 13.8 Å². The number of hydrogen-bond donors (Lipinski definition) is 2. The summed E-state index contributed by atoms with van der Waals surface area (Å²) in [6, 6.07) is 0. The van der Waals surface area contributed by atoms with Gasteiger partial charge in [0.2, 0.25) is 0 Å². The lowest BCUT2D eigenvalue weighted by atomic mass is 9.89. The second-order valence-corrected chi connectivity index (χ2v) is 5.68. The van der Waals surface area contributed by atoms with E-state index < -0.39 is 0 Å². The smallest absolute Gasteiger partial charge is 0.0659 e. The van der Waals surface area contributed by atoms with E-state index in [1.54, 1.807) is 7.11 Å². The molecular formula is C12H26N2O2. The predicted molar refractivity (Wildman–Crippen MR) is 65.5 cm³/mol. The van der Waals surface area contributed by atoms with Gasteiger partial charge >= 0.3 is 0 Å². The van der Waals surface area contributed by atoms with Gasteiger partial charge in [-0.2, -0.15) is 0 Å².